The van der Waals surface area contributed by atoms with Gasteiger partial charge in [0, 0.05) is 6.04 Å². The molecule has 0 aliphatic rings. The molecule has 0 aliphatic heterocycles. The van der Waals surface area contributed by atoms with Gasteiger partial charge in [-0.05, 0) is 26.3 Å². The molecular weight excluding hydrogens is 238 g/mol. The molecule has 17 heavy (non-hydrogen) atoms. The largest absolute Gasteiger partial charge is 0.469 e. The molecule has 0 unspecified atom stereocenters. The number of hydrogen-bond donors (Lipinski definition) is 1. The van der Waals surface area contributed by atoms with E-state index in [4.69, 9.17) is 10.5 Å². The van der Waals surface area contributed by atoms with Gasteiger partial charge in [0.1, 0.15) is 0 Å². The highest BCUT2D eigenvalue weighted by atomic mass is 35.5. The van der Waals surface area contributed by atoms with Crippen LogP contribution >= 0.6 is 12.4 Å². The van der Waals surface area contributed by atoms with E-state index in [0.29, 0.717) is 0 Å². The Morgan fingerprint density at radius 3 is 2.18 bits per heavy atom. The molecular formula is C13H20ClNO2. The average Bonchev–Trinajstić information content (AvgIpc) is 2.28. The zero-order valence-electron chi connectivity index (χ0n) is 10.7. The summed E-state index contributed by atoms with van der Waals surface area (Å²) in [6, 6.07) is 7.51. The van der Waals surface area contributed by atoms with Crippen molar-refractivity contribution < 1.29 is 9.53 Å². The van der Waals surface area contributed by atoms with E-state index in [1.807, 2.05) is 31.2 Å². The van der Waals surface area contributed by atoms with Crippen molar-refractivity contribution >= 4 is 18.4 Å². The predicted molar refractivity (Wildman–Crippen MR) is 71.2 cm³/mol. The molecule has 1 aromatic carbocycles. The summed E-state index contributed by atoms with van der Waals surface area (Å²) in [6.07, 6.45) is 0. The Hall–Kier alpha value is -1.06. The number of carbonyl (C=O) groups excluding carboxylic acids is 1. The molecule has 0 spiro atoms. The van der Waals surface area contributed by atoms with Crippen LogP contribution in [0.4, 0.5) is 0 Å². The van der Waals surface area contributed by atoms with Gasteiger partial charge in [-0.2, -0.15) is 0 Å². The van der Waals surface area contributed by atoms with Crippen molar-refractivity contribution in [2.45, 2.75) is 26.8 Å². The normalized spacial score (nSPS) is 12.5. The quantitative estimate of drug-likeness (QED) is 0.847. The first-order valence-electron chi connectivity index (χ1n) is 5.30. The Morgan fingerprint density at radius 2 is 1.76 bits per heavy atom. The van der Waals surface area contributed by atoms with Gasteiger partial charge in [0.2, 0.25) is 0 Å². The monoisotopic (exact) mass is 257 g/mol. The number of halogens is 1. The summed E-state index contributed by atoms with van der Waals surface area (Å²) in [5.74, 6) is -0.291. The lowest BCUT2D eigenvalue weighted by Gasteiger charge is -2.28. The molecule has 4 heteroatoms. The number of rotatable bonds is 3. The molecule has 3 nitrogen and oxygen atoms in total. The summed E-state index contributed by atoms with van der Waals surface area (Å²) < 4.78 is 4.76. The second-order valence-electron chi connectivity index (χ2n) is 4.60. The van der Waals surface area contributed by atoms with E-state index >= 15 is 0 Å². The van der Waals surface area contributed by atoms with Gasteiger partial charge in [-0.3, -0.25) is 4.79 Å². The maximum Gasteiger partial charge on any atom is 0.313 e. The number of methoxy groups -OCH3 is 1. The fraction of sp³-hybridized carbons (Fsp3) is 0.462. The van der Waals surface area contributed by atoms with Crippen molar-refractivity contribution in [3.63, 3.8) is 0 Å². The van der Waals surface area contributed by atoms with E-state index in [0.717, 1.165) is 5.56 Å². The zero-order chi connectivity index (χ0) is 12.3. The molecule has 0 saturated carbocycles. The van der Waals surface area contributed by atoms with Crippen LogP contribution in [0.5, 0.6) is 0 Å². The van der Waals surface area contributed by atoms with Crippen molar-refractivity contribution in [2.75, 3.05) is 7.11 Å². The van der Waals surface area contributed by atoms with E-state index in [9.17, 15) is 4.79 Å². The summed E-state index contributed by atoms with van der Waals surface area (Å²) in [5.41, 5.74) is 7.50. The second kappa shape index (κ2) is 6.03. The third-order valence-electron chi connectivity index (χ3n) is 2.93. The van der Waals surface area contributed by atoms with Crippen LogP contribution in [0.2, 0.25) is 0 Å². The number of esters is 1. The maximum atomic E-state index is 11.6. The van der Waals surface area contributed by atoms with Crippen molar-refractivity contribution in [3.8, 4) is 0 Å². The van der Waals surface area contributed by atoms with Crippen LogP contribution in [0.1, 0.15) is 31.0 Å². The Balaban J connectivity index is 0.00000256. The molecule has 1 atom stereocenters. The summed E-state index contributed by atoms with van der Waals surface area (Å²) >= 11 is 0. The molecule has 0 aliphatic carbocycles. The van der Waals surface area contributed by atoms with Crippen LogP contribution in [0.3, 0.4) is 0 Å². The van der Waals surface area contributed by atoms with Crippen LogP contribution in [0, 0.1) is 12.3 Å². The highest BCUT2D eigenvalue weighted by Gasteiger charge is 2.36. The number of carbonyl (C=O) groups is 1. The lowest BCUT2D eigenvalue weighted by Crippen LogP contribution is -2.37. The molecule has 0 amide bonds. The van der Waals surface area contributed by atoms with Crippen LogP contribution in [-0.2, 0) is 9.53 Å². The molecule has 96 valence electrons. The Bertz CT molecular complexity index is 374. The molecule has 0 radical (unpaired) electrons. The molecule has 0 saturated heterocycles. The number of benzene rings is 1. The van der Waals surface area contributed by atoms with E-state index in [-0.39, 0.29) is 24.4 Å². The first-order valence-corrected chi connectivity index (χ1v) is 5.30. The van der Waals surface area contributed by atoms with E-state index < -0.39 is 5.41 Å². The molecule has 0 aromatic heterocycles. The van der Waals surface area contributed by atoms with Crippen LogP contribution < -0.4 is 5.73 Å². The van der Waals surface area contributed by atoms with Crippen molar-refractivity contribution in [3.05, 3.63) is 35.4 Å². The third-order valence-corrected chi connectivity index (χ3v) is 2.93. The van der Waals surface area contributed by atoms with Gasteiger partial charge in [0.05, 0.1) is 12.5 Å². The fourth-order valence-corrected chi connectivity index (χ4v) is 1.58. The third kappa shape index (κ3) is 3.45. The minimum absolute atomic E-state index is 0. The van der Waals surface area contributed by atoms with Crippen LogP contribution in [-0.4, -0.2) is 13.1 Å². The molecule has 0 fully saturated rings. The Labute approximate surface area is 109 Å². The lowest BCUT2D eigenvalue weighted by molar-refractivity contribution is -0.152. The molecule has 1 rings (SSSR count). The SMILES string of the molecule is COC(=O)C(C)(C)[C@@H](N)c1ccc(C)cc1.Cl. The zero-order valence-corrected chi connectivity index (χ0v) is 11.5. The molecule has 0 bridgehead atoms. The Morgan fingerprint density at radius 1 is 1.29 bits per heavy atom. The van der Waals surface area contributed by atoms with Crippen molar-refractivity contribution in [1.82, 2.24) is 0 Å². The molecule has 2 N–H and O–H groups in total. The second-order valence-corrected chi connectivity index (χ2v) is 4.60. The minimum Gasteiger partial charge on any atom is -0.469 e. The number of ether oxygens (including phenoxy) is 1. The van der Waals surface area contributed by atoms with Gasteiger partial charge in [-0.25, -0.2) is 0 Å². The standard InChI is InChI=1S/C13H19NO2.ClH/c1-9-5-7-10(8-6-9)11(14)13(2,3)12(15)16-4;/h5-8,11H,14H2,1-4H3;1H/t11-;/m0./s1. The highest BCUT2D eigenvalue weighted by molar-refractivity contribution is 5.85. The first-order chi connectivity index (χ1) is 7.39. The molecule has 0 heterocycles. The van der Waals surface area contributed by atoms with Gasteiger partial charge >= 0.3 is 5.97 Å². The molecule has 1 aromatic rings. The maximum absolute atomic E-state index is 11.6. The topological polar surface area (TPSA) is 52.3 Å². The van der Waals surface area contributed by atoms with E-state index in [1.54, 1.807) is 13.8 Å². The van der Waals surface area contributed by atoms with Crippen LogP contribution in [0.15, 0.2) is 24.3 Å². The fourth-order valence-electron chi connectivity index (χ4n) is 1.58. The van der Waals surface area contributed by atoms with Gasteiger partial charge in [0.15, 0.2) is 0 Å². The van der Waals surface area contributed by atoms with Crippen LogP contribution in [0.25, 0.3) is 0 Å². The lowest BCUT2D eigenvalue weighted by atomic mass is 9.81. The van der Waals surface area contributed by atoms with Gasteiger partial charge in [-0.1, -0.05) is 29.8 Å². The van der Waals surface area contributed by atoms with Gasteiger partial charge in [-0.15, -0.1) is 12.4 Å². The van der Waals surface area contributed by atoms with E-state index in [1.165, 1.54) is 12.7 Å². The van der Waals surface area contributed by atoms with Gasteiger partial charge in [0.25, 0.3) is 0 Å². The average molecular weight is 258 g/mol. The number of aryl methyl sites for hydroxylation is 1. The van der Waals surface area contributed by atoms with Crippen molar-refractivity contribution in [1.29, 1.82) is 0 Å². The minimum atomic E-state index is -0.718. The smallest absolute Gasteiger partial charge is 0.313 e. The predicted octanol–water partition coefficient (Wildman–Crippen LogP) is 2.62. The number of hydrogen-bond acceptors (Lipinski definition) is 3. The summed E-state index contributed by atoms with van der Waals surface area (Å²) in [7, 11) is 1.38. The Kier molecular flexibility index (Phi) is 5.66. The number of nitrogens with two attached hydrogens (primary N) is 1. The summed E-state index contributed by atoms with van der Waals surface area (Å²) in [4.78, 5) is 11.6. The van der Waals surface area contributed by atoms with Gasteiger partial charge < -0.3 is 10.5 Å². The van der Waals surface area contributed by atoms with Crippen molar-refractivity contribution in [2.24, 2.45) is 11.1 Å². The summed E-state index contributed by atoms with van der Waals surface area (Å²) in [5, 5.41) is 0. The first kappa shape index (κ1) is 15.9. The highest BCUT2D eigenvalue weighted by Crippen LogP contribution is 2.32. The summed E-state index contributed by atoms with van der Waals surface area (Å²) in [6.45, 7) is 5.60. The van der Waals surface area contributed by atoms with E-state index in [2.05, 4.69) is 0 Å².